The summed E-state index contributed by atoms with van der Waals surface area (Å²) in [5.74, 6) is -6.18. The molecule has 1 unspecified atom stereocenters. The van der Waals surface area contributed by atoms with Gasteiger partial charge in [-0.2, -0.15) is 0 Å². The van der Waals surface area contributed by atoms with Crippen LogP contribution in [0.4, 0.5) is 0 Å². The quantitative estimate of drug-likeness (QED) is 0.143. The van der Waals surface area contributed by atoms with E-state index in [4.69, 9.17) is 14.9 Å². The van der Waals surface area contributed by atoms with Crippen molar-refractivity contribution in [2.75, 3.05) is 0 Å². The Morgan fingerprint density at radius 3 is 1.39 bits per heavy atom. The van der Waals surface area contributed by atoms with Gasteiger partial charge in [0.05, 0.1) is 12.8 Å². The number of ether oxygens (including phenoxy) is 2. The van der Waals surface area contributed by atoms with E-state index >= 15 is 0 Å². The number of hydrogen-bond acceptors (Lipinski definition) is 8. The van der Waals surface area contributed by atoms with Gasteiger partial charge in [0, 0.05) is 29.2 Å². The van der Waals surface area contributed by atoms with E-state index in [1.54, 1.807) is 6.92 Å². The Labute approximate surface area is 236 Å². The number of carboxylic acid groups (broad SMARTS) is 2. The van der Waals surface area contributed by atoms with Crippen LogP contribution < -0.4 is 0 Å². The van der Waals surface area contributed by atoms with Crippen molar-refractivity contribution in [2.24, 2.45) is 0 Å². The van der Waals surface area contributed by atoms with Crippen LogP contribution in [0.5, 0.6) is 0 Å². The van der Waals surface area contributed by atoms with E-state index < -0.39 is 53.9 Å². The van der Waals surface area contributed by atoms with Gasteiger partial charge >= 0.3 is 29.8 Å². The summed E-state index contributed by atoms with van der Waals surface area (Å²) < 4.78 is 10.1. The zero-order valence-electron chi connectivity index (χ0n) is 22.5. The average molecular weight is 563 g/mol. The molecule has 0 aliphatic rings. The van der Waals surface area contributed by atoms with E-state index in [9.17, 15) is 29.1 Å². The van der Waals surface area contributed by atoms with Gasteiger partial charge in [-0.3, -0.25) is 14.4 Å². The fourth-order valence-corrected chi connectivity index (χ4v) is 3.82. The number of esters is 3. The zero-order valence-corrected chi connectivity index (χ0v) is 22.5. The normalized spacial score (nSPS) is 12.0. The summed E-state index contributed by atoms with van der Waals surface area (Å²) in [6.45, 7) is 6.32. The Morgan fingerprint density at radius 1 is 0.707 bits per heavy atom. The largest absolute Gasteiger partial charge is 0.481 e. The van der Waals surface area contributed by atoms with Crippen LogP contribution in [0.15, 0.2) is 103 Å². The highest BCUT2D eigenvalue weighted by molar-refractivity contribution is 5.91. The molecule has 3 N–H and O–H groups in total. The predicted molar refractivity (Wildman–Crippen MR) is 146 cm³/mol. The second-order valence-electron chi connectivity index (χ2n) is 9.00. The summed E-state index contributed by atoms with van der Waals surface area (Å²) in [4.78, 5) is 54.6. The van der Waals surface area contributed by atoms with Crippen LogP contribution in [0.1, 0.15) is 43.4 Å². The molecule has 0 fully saturated rings. The lowest BCUT2D eigenvalue weighted by Crippen LogP contribution is -2.43. The van der Waals surface area contributed by atoms with Crippen LogP contribution in [0.25, 0.3) is 0 Å². The summed E-state index contributed by atoms with van der Waals surface area (Å²) in [5.41, 5.74) is -0.767. The molecule has 0 saturated carbocycles. The Morgan fingerprint density at radius 2 is 1.10 bits per heavy atom. The van der Waals surface area contributed by atoms with Crippen LogP contribution in [0, 0.1) is 0 Å². The minimum Gasteiger partial charge on any atom is -0.481 e. The number of carbonyl (C=O) groups is 5. The number of carboxylic acids is 2. The Bertz CT molecular complexity index is 1290. The van der Waals surface area contributed by atoms with E-state index in [0.29, 0.717) is 5.57 Å². The van der Waals surface area contributed by atoms with E-state index in [2.05, 4.69) is 11.3 Å². The lowest BCUT2D eigenvalue weighted by molar-refractivity contribution is -0.174. The Balaban J connectivity index is 0.000000320. The molecule has 0 aliphatic carbocycles. The van der Waals surface area contributed by atoms with Crippen molar-refractivity contribution < 1.29 is 48.8 Å². The molecule has 0 aromatic heterocycles. The molecule has 41 heavy (non-hydrogen) atoms. The molecule has 0 bridgehead atoms. The van der Waals surface area contributed by atoms with Gasteiger partial charge in [-0.05, 0) is 6.92 Å². The van der Waals surface area contributed by atoms with Gasteiger partial charge in [0.15, 0.2) is 11.2 Å². The first-order chi connectivity index (χ1) is 19.3. The van der Waals surface area contributed by atoms with Gasteiger partial charge in [0.2, 0.25) is 0 Å². The van der Waals surface area contributed by atoms with Crippen molar-refractivity contribution >= 4 is 29.8 Å². The van der Waals surface area contributed by atoms with Gasteiger partial charge < -0.3 is 24.8 Å². The van der Waals surface area contributed by atoms with Crippen LogP contribution in [-0.4, -0.2) is 50.8 Å². The molecular weight excluding hydrogens is 532 g/mol. The molecular formula is C31H30O10. The summed E-state index contributed by atoms with van der Waals surface area (Å²) in [6, 6.07) is 29.4. The minimum absolute atomic E-state index is 0.368. The lowest BCUT2D eigenvalue weighted by atomic mass is 9.80. The Hall–Kier alpha value is -5.09. The van der Waals surface area contributed by atoms with E-state index in [1.165, 1.54) is 0 Å². The maximum absolute atomic E-state index is 12.6. The van der Waals surface area contributed by atoms with Gasteiger partial charge in [-0.1, -0.05) is 97.6 Å². The number of benzene rings is 3. The molecule has 10 nitrogen and oxygen atoms in total. The maximum Gasteiger partial charge on any atom is 0.336 e. The first-order valence-electron chi connectivity index (χ1n) is 12.3. The van der Waals surface area contributed by atoms with Crippen LogP contribution >= 0.6 is 0 Å². The van der Waals surface area contributed by atoms with Crippen molar-refractivity contribution in [3.8, 4) is 0 Å². The fraction of sp³-hybridized carbons (Fsp3) is 0.194. The van der Waals surface area contributed by atoms with Crippen molar-refractivity contribution in [3.63, 3.8) is 0 Å². The predicted octanol–water partition coefficient (Wildman–Crippen LogP) is 3.85. The van der Waals surface area contributed by atoms with Gasteiger partial charge in [-0.25, -0.2) is 9.59 Å². The summed E-state index contributed by atoms with van der Waals surface area (Å²) in [6.07, 6.45) is -2.29. The number of hydrogen-bond donors (Lipinski definition) is 3. The number of rotatable bonds is 10. The highest BCUT2D eigenvalue weighted by Gasteiger charge is 2.42. The molecule has 0 spiro atoms. The SMILES string of the molecule is C=C(C)C(=O)OC(c1ccccc1)(c1ccccc1)c1ccccc1.CC(=O)OC(=O)CC(O)(CC(=O)O)C(=O)O. The molecule has 3 aromatic rings. The monoisotopic (exact) mass is 562 g/mol. The molecule has 0 heterocycles. The van der Waals surface area contributed by atoms with Gasteiger partial charge in [0.25, 0.3) is 0 Å². The molecule has 3 aromatic carbocycles. The molecule has 0 amide bonds. The van der Waals surface area contributed by atoms with Crippen molar-refractivity contribution in [1.82, 2.24) is 0 Å². The third kappa shape index (κ3) is 8.70. The smallest absolute Gasteiger partial charge is 0.336 e. The second kappa shape index (κ2) is 14.3. The molecule has 0 aliphatic heterocycles. The molecule has 3 rings (SSSR count). The standard InChI is InChI=1S/C23H20O2.C8H10O8/c1-18(2)22(24)25-23(19-12-6-3-7-13-19,20-14-8-4-9-15-20)21-16-10-5-11-17-21;1-4(9)16-6(12)3-8(15,7(13)14)2-5(10)11/h3-17H,1H2,2H3;15H,2-3H2,1H3,(H,10,11)(H,13,14). The van der Waals surface area contributed by atoms with Crippen LogP contribution in [0.2, 0.25) is 0 Å². The van der Waals surface area contributed by atoms with Gasteiger partial charge in [-0.15, -0.1) is 0 Å². The Kier molecular flexibility index (Phi) is 11.2. The number of carbonyl (C=O) groups excluding carboxylic acids is 3. The van der Waals surface area contributed by atoms with Crippen LogP contribution in [0.3, 0.4) is 0 Å². The second-order valence-corrected chi connectivity index (χ2v) is 9.00. The molecule has 0 saturated heterocycles. The van der Waals surface area contributed by atoms with E-state index in [0.717, 1.165) is 23.6 Å². The van der Waals surface area contributed by atoms with Gasteiger partial charge in [0.1, 0.15) is 0 Å². The number of aliphatic carboxylic acids is 2. The first-order valence-corrected chi connectivity index (χ1v) is 12.3. The number of aliphatic hydroxyl groups is 1. The fourth-order valence-electron chi connectivity index (χ4n) is 3.82. The van der Waals surface area contributed by atoms with Crippen LogP contribution in [-0.2, 0) is 39.0 Å². The molecule has 10 heteroatoms. The first kappa shape index (κ1) is 32.1. The summed E-state index contributed by atoms with van der Waals surface area (Å²) in [5, 5.41) is 26.3. The zero-order chi connectivity index (χ0) is 30.6. The summed E-state index contributed by atoms with van der Waals surface area (Å²) >= 11 is 0. The van der Waals surface area contributed by atoms with Crippen molar-refractivity contribution in [1.29, 1.82) is 0 Å². The third-order valence-electron chi connectivity index (χ3n) is 5.67. The van der Waals surface area contributed by atoms with Crippen molar-refractivity contribution in [2.45, 2.75) is 37.9 Å². The maximum atomic E-state index is 12.6. The highest BCUT2D eigenvalue weighted by atomic mass is 16.6. The van der Waals surface area contributed by atoms with E-state index in [1.807, 2.05) is 91.0 Å². The summed E-state index contributed by atoms with van der Waals surface area (Å²) in [7, 11) is 0. The third-order valence-corrected chi connectivity index (χ3v) is 5.67. The average Bonchev–Trinajstić information content (AvgIpc) is 2.92. The highest BCUT2D eigenvalue weighted by Crippen LogP contribution is 2.40. The van der Waals surface area contributed by atoms with Crippen molar-refractivity contribution in [3.05, 3.63) is 120 Å². The molecule has 1 atom stereocenters. The lowest BCUT2D eigenvalue weighted by Gasteiger charge is -2.35. The minimum atomic E-state index is -2.78. The molecule has 214 valence electrons. The van der Waals surface area contributed by atoms with E-state index in [-0.39, 0.29) is 0 Å². The topological polar surface area (TPSA) is 165 Å². The molecule has 0 radical (unpaired) electrons.